The van der Waals surface area contributed by atoms with E-state index in [1.807, 2.05) is 0 Å². The molecule has 1 aliphatic heterocycles. The van der Waals surface area contributed by atoms with Crippen molar-refractivity contribution in [3.05, 3.63) is 61.1 Å². The number of aliphatic hydroxyl groups is 2. The number of hydrogen-bond donors (Lipinski definition) is 3. The molecule has 8 nitrogen and oxygen atoms in total. The maximum absolute atomic E-state index is 14.9. The minimum atomic E-state index is -1.75. The Morgan fingerprint density at radius 2 is 1.95 bits per heavy atom. The van der Waals surface area contributed by atoms with Crippen LogP contribution in [0.25, 0.3) is 22.3 Å². The lowest BCUT2D eigenvalue weighted by Gasteiger charge is -2.32. The molecule has 7 rings (SSSR count). The van der Waals surface area contributed by atoms with Crippen LogP contribution in [0.4, 0.5) is 4.39 Å². The van der Waals surface area contributed by atoms with E-state index in [-0.39, 0.29) is 42.2 Å². The number of nitrogens with zero attached hydrogens (tertiary/aromatic N) is 2. The maximum Gasteiger partial charge on any atom is 0.254 e. The second kappa shape index (κ2) is 7.71. The summed E-state index contributed by atoms with van der Waals surface area (Å²) in [6.45, 7) is 1.88. The zero-order valence-corrected chi connectivity index (χ0v) is 21.4. The summed E-state index contributed by atoms with van der Waals surface area (Å²) in [6, 6.07) is 2.44. The van der Waals surface area contributed by atoms with Gasteiger partial charge in [-0.15, -0.1) is 0 Å². The number of amides is 1. The van der Waals surface area contributed by atoms with Gasteiger partial charge in [0.1, 0.15) is 17.0 Å². The molecule has 1 fully saturated rings. The van der Waals surface area contributed by atoms with Crippen molar-refractivity contribution in [2.24, 2.45) is 0 Å². The summed E-state index contributed by atoms with van der Waals surface area (Å²) < 4.78 is 16.4. The van der Waals surface area contributed by atoms with Crippen LogP contribution in [0.2, 0.25) is 5.02 Å². The first kappa shape index (κ1) is 23.9. The predicted octanol–water partition coefficient (Wildman–Crippen LogP) is 2.96. The van der Waals surface area contributed by atoms with E-state index >= 15 is 0 Å². The molecule has 3 heterocycles. The van der Waals surface area contributed by atoms with Gasteiger partial charge in [0.2, 0.25) is 0 Å². The van der Waals surface area contributed by atoms with E-state index in [0.717, 1.165) is 0 Å². The van der Waals surface area contributed by atoms with Gasteiger partial charge in [0.15, 0.2) is 5.78 Å². The Hall–Kier alpha value is -3.14. The van der Waals surface area contributed by atoms with Crippen molar-refractivity contribution in [2.75, 3.05) is 0 Å². The second-order valence-electron chi connectivity index (χ2n) is 10.9. The fourth-order valence-corrected chi connectivity index (χ4v) is 6.76. The third-order valence-corrected chi connectivity index (χ3v) is 9.28. The van der Waals surface area contributed by atoms with Crippen LogP contribution < -0.4 is 10.9 Å². The molecule has 2 aromatic heterocycles. The van der Waals surface area contributed by atoms with Crippen molar-refractivity contribution >= 4 is 34.2 Å². The zero-order chi connectivity index (χ0) is 26.7. The van der Waals surface area contributed by atoms with Crippen LogP contribution in [0.15, 0.2) is 16.9 Å². The molecule has 10 heteroatoms. The Morgan fingerprint density at radius 1 is 1.18 bits per heavy atom. The van der Waals surface area contributed by atoms with E-state index in [9.17, 15) is 29.0 Å². The lowest BCUT2D eigenvalue weighted by atomic mass is 9.77. The van der Waals surface area contributed by atoms with Gasteiger partial charge in [-0.2, -0.15) is 0 Å². The van der Waals surface area contributed by atoms with Gasteiger partial charge in [-0.1, -0.05) is 18.5 Å². The van der Waals surface area contributed by atoms with E-state index < -0.39 is 29.0 Å². The van der Waals surface area contributed by atoms with Gasteiger partial charge in [-0.05, 0) is 55.7 Å². The molecular weight excluding hydrogens is 513 g/mol. The van der Waals surface area contributed by atoms with Crippen molar-refractivity contribution in [3.8, 4) is 11.4 Å². The smallest absolute Gasteiger partial charge is 0.254 e. The van der Waals surface area contributed by atoms with Gasteiger partial charge < -0.3 is 20.1 Å². The Morgan fingerprint density at radius 3 is 2.66 bits per heavy atom. The van der Waals surface area contributed by atoms with Crippen molar-refractivity contribution in [1.29, 1.82) is 0 Å². The standard InChI is InChI=1S/C28H25ClFN3O5/c1-2-28(38)15-9-19-24-14(11-33(19)25(35)12(15)4-6-20(28)34)22-17(32-26(36)27(37)7-8-27)5-3-13-21(22)18(31-24)10-16(30)23(13)29/h9-10,17,37-38H,2-8,11H2,1H3,(H,32,36)/t17-,28-/m0/s1. The van der Waals surface area contributed by atoms with Crippen LogP contribution in [0.1, 0.15) is 72.9 Å². The van der Waals surface area contributed by atoms with Crippen LogP contribution in [0.3, 0.4) is 0 Å². The predicted molar refractivity (Wildman–Crippen MR) is 136 cm³/mol. The third-order valence-electron chi connectivity index (χ3n) is 8.87. The Bertz CT molecular complexity index is 1690. The summed E-state index contributed by atoms with van der Waals surface area (Å²) in [5.74, 6) is -1.37. The van der Waals surface area contributed by atoms with Gasteiger partial charge in [0.05, 0.1) is 34.5 Å². The number of pyridine rings is 2. The maximum atomic E-state index is 14.9. The highest BCUT2D eigenvalue weighted by molar-refractivity contribution is 6.32. The number of ketones is 1. The number of benzene rings is 1. The molecule has 3 N–H and O–H groups in total. The summed E-state index contributed by atoms with van der Waals surface area (Å²) in [5.41, 5.74) is 0.577. The molecule has 2 atom stereocenters. The highest BCUT2D eigenvalue weighted by Gasteiger charge is 2.49. The molecule has 196 valence electrons. The number of carbonyl (C=O) groups is 2. The van der Waals surface area contributed by atoms with Crippen molar-refractivity contribution < 1.29 is 24.2 Å². The second-order valence-corrected chi connectivity index (χ2v) is 11.3. The summed E-state index contributed by atoms with van der Waals surface area (Å²) in [7, 11) is 0. The molecule has 38 heavy (non-hydrogen) atoms. The van der Waals surface area contributed by atoms with Gasteiger partial charge in [0.25, 0.3) is 11.5 Å². The summed E-state index contributed by atoms with van der Waals surface area (Å²) in [5, 5.41) is 25.3. The van der Waals surface area contributed by atoms with Crippen LogP contribution in [0.5, 0.6) is 0 Å². The van der Waals surface area contributed by atoms with Gasteiger partial charge in [-0.25, -0.2) is 9.37 Å². The quantitative estimate of drug-likeness (QED) is 0.369. The molecule has 1 aromatic carbocycles. The van der Waals surface area contributed by atoms with Crippen molar-refractivity contribution in [1.82, 2.24) is 14.9 Å². The highest BCUT2D eigenvalue weighted by Crippen LogP contribution is 2.47. The average molecular weight is 538 g/mol. The zero-order valence-electron chi connectivity index (χ0n) is 20.7. The molecule has 1 saturated carbocycles. The van der Waals surface area contributed by atoms with Crippen molar-refractivity contribution in [2.45, 2.75) is 75.7 Å². The van der Waals surface area contributed by atoms with E-state index in [1.165, 1.54) is 6.07 Å². The average Bonchev–Trinajstić information content (AvgIpc) is 3.55. The Kier molecular flexibility index (Phi) is 4.86. The normalized spacial score (nSPS) is 24.1. The number of rotatable bonds is 3. The van der Waals surface area contributed by atoms with Gasteiger partial charge >= 0.3 is 0 Å². The molecule has 0 bridgehead atoms. The van der Waals surface area contributed by atoms with Crippen molar-refractivity contribution in [3.63, 3.8) is 0 Å². The lowest BCUT2D eigenvalue weighted by Crippen LogP contribution is -2.43. The SMILES string of the molecule is CC[C@@]1(O)C(=O)CCc2c1cc1n(c2=O)Cc2c-1nc1cc(F)c(Cl)c3c1c2[C@@H](NC(=O)C1(O)CC1)CC3. The van der Waals surface area contributed by atoms with Crippen LogP contribution in [0, 0.1) is 5.82 Å². The molecule has 4 aliphatic rings. The summed E-state index contributed by atoms with van der Waals surface area (Å²) in [4.78, 5) is 44.0. The van der Waals surface area contributed by atoms with E-state index in [1.54, 1.807) is 17.6 Å². The number of aryl methyl sites for hydroxylation is 1. The third kappa shape index (κ3) is 3.03. The lowest BCUT2D eigenvalue weighted by molar-refractivity contribution is -0.140. The topological polar surface area (TPSA) is 122 Å². The molecule has 1 amide bonds. The van der Waals surface area contributed by atoms with Crippen LogP contribution in [-0.4, -0.2) is 37.1 Å². The summed E-state index contributed by atoms with van der Waals surface area (Å²) in [6.07, 6.45) is 2.12. The number of fused-ring (bicyclic) bond motifs is 5. The van der Waals surface area contributed by atoms with E-state index in [4.69, 9.17) is 16.6 Å². The largest absolute Gasteiger partial charge is 0.380 e. The minimum Gasteiger partial charge on any atom is -0.380 e. The highest BCUT2D eigenvalue weighted by atomic mass is 35.5. The monoisotopic (exact) mass is 537 g/mol. The van der Waals surface area contributed by atoms with Gasteiger partial charge in [-0.3, -0.25) is 14.4 Å². The fraction of sp³-hybridized carbons (Fsp3) is 0.429. The number of aromatic nitrogens is 2. The Balaban J connectivity index is 1.49. The minimum absolute atomic E-state index is 0.0146. The first-order chi connectivity index (χ1) is 18.1. The molecule has 0 radical (unpaired) electrons. The molecule has 3 aromatic rings. The molecule has 0 spiro atoms. The number of nitrogens with one attached hydrogen (secondary N) is 1. The Labute approximate surface area is 221 Å². The van der Waals surface area contributed by atoms with Crippen LogP contribution in [-0.2, 0) is 34.6 Å². The fourth-order valence-electron chi connectivity index (χ4n) is 6.52. The number of carbonyl (C=O) groups excluding carboxylic acids is 2. The van der Waals surface area contributed by atoms with E-state index in [2.05, 4.69) is 5.32 Å². The first-order valence-electron chi connectivity index (χ1n) is 13.0. The molecule has 0 saturated heterocycles. The van der Waals surface area contributed by atoms with E-state index in [0.29, 0.717) is 75.8 Å². The summed E-state index contributed by atoms with van der Waals surface area (Å²) >= 11 is 6.38. The van der Waals surface area contributed by atoms with Crippen LogP contribution >= 0.6 is 11.6 Å². The number of halogens is 2. The molecule has 3 aliphatic carbocycles. The number of Topliss-reactive ketones (excluding diaryl/α,β-unsaturated/α-hetero) is 1. The molecular formula is C28H25ClFN3O5. The van der Waals surface area contributed by atoms with Gasteiger partial charge in [0, 0.05) is 34.6 Å². The number of hydrogen-bond acceptors (Lipinski definition) is 6. The first-order valence-corrected chi connectivity index (χ1v) is 13.3. The molecule has 0 unspecified atom stereocenters.